The molecule has 0 spiro atoms. The molecule has 0 aliphatic rings. The summed E-state index contributed by atoms with van der Waals surface area (Å²) in [5.41, 5.74) is 2.57. The second-order valence-electron chi connectivity index (χ2n) is 5.58. The summed E-state index contributed by atoms with van der Waals surface area (Å²) in [7, 11) is 0. The van der Waals surface area contributed by atoms with Crippen molar-refractivity contribution in [3.8, 4) is 17.2 Å². The van der Waals surface area contributed by atoms with Crippen molar-refractivity contribution in [1.82, 2.24) is 0 Å². The summed E-state index contributed by atoms with van der Waals surface area (Å²) < 4.78 is 16.7. The van der Waals surface area contributed by atoms with Gasteiger partial charge in [0.25, 0.3) is 5.91 Å². The Labute approximate surface area is 148 Å². The Bertz CT molecular complexity index is 707. The monoisotopic (exact) mass is 343 g/mol. The topological polar surface area (TPSA) is 56.8 Å². The van der Waals surface area contributed by atoms with Gasteiger partial charge in [-0.3, -0.25) is 4.79 Å². The van der Waals surface area contributed by atoms with Gasteiger partial charge in [-0.25, -0.2) is 0 Å². The van der Waals surface area contributed by atoms with E-state index in [4.69, 9.17) is 14.2 Å². The summed E-state index contributed by atoms with van der Waals surface area (Å²) in [5.74, 6) is 1.77. The quantitative estimate of drug-likeness (QED) is 0.783. The number of rotatable bonds is 8. The van der Waals surface area contributed by atoms with Crippen LogP contribution >= 0.6 is 0 Å². The van der Waals surface area contributed by atoms with E-state index in [1.807, 2.05) is 52.0 Å². The van der Waals surface area contributed by atoms with Gasteiger partial charge < -0.3 is 19.5 Å². The molecule has 1 N–H and O–H groups in total. The smallest absolute Gasteiger partial charge is 0.262 e. The first-order chi connectivity index (χ1) is 12.0. The van der Waals surface area contributed by atoms with Crippen LogP contribution in [0.5, 0.6) is 17.2 Å². The van der Waals surface area contributed by atoms with E-state index in [0.717, 1.165) is 16.9 Å². The predicted octanol–water partition coefficient (Wildman–Crippen LogP) is 4.12. The predicted molar refractivity (Wildman–Crippen MR) is 98.8 cm³/mol. The van der Waals surface area contributed by atoms with Crippen LogP contribution in [0, 0.1) is 13.8 Å². The first kappa shape index (κ1) is 18.6. The number of anilines is 1. The maximum absolute atomic E-state index is 12.3. The number of carbonyl (C=O) groups excluding carboxylic acids is 1. The molecule has 0 saturated carbocycles. The summed E-state index contributed by atoms with van der Waals surface area (Å²) in [6.07, 6.45) is 0. The fraction of sp³-hybridized carbons (Fsp3) is 0.350. The number of carbonyl (C=O) groups is 1. The normalized spacial score (nSPS) is 10.2. The number of para-hydroxylation sites is 1. The minimum atomic E-state index is -0.253. The van der Waals surface area contributed by atoms with Crippen LogP contribution in [0.2, 0.25) is 0 Å². The lowest BCUT2D eigenvalue weighted by atomic mass is 10.1. The van der Waals surface area contributed by atoms with Gasteiger partial charge in [-0.2, -0.15) is 0 Å². The van der Waals surface area contributed by atoms with Gasteiger partial charge >= 0.3 is 0 Å². The summed E-state index contributed by atoms with van der Waals surface area (Å²) in [6, 6.07) is 11.2. The average molecular weight is 343 g/mol. The molecule has 0 radical (unpaired) electrons. The molecular weight excluding hydrogens is 318 g/mol. The largest absolute Gasteiger partial charge is 0.494 e. The van der Waals surface area contributed by atoms with Gasteiger partial charge in [-0.15, -0.1) is 0 Å². The highest BCUT2D eigenvalue weighted by Crippen LogP contribution is 2.29. The van der Waals surface area contributed by atoms with Crippen LogP contribution in [0.4, 0.5) is 5.69 Å². The molecule has 0 aliphatic carbocycles. The lowest BCUT2D eigenvalue weighted by Crippen LogP contribution is -2.21. The molecule has 2 aromatic rings. The molecule has 0 bridgehead atoms. The van der Waals surface area contributed by atoms with Crippen molar-refractivity contribution in [3.63, 3.8) is 0 Å². The number of amides is 1. The third-order valence-corrected chi connectivity index (χ3v) is 3.59. The average Bonchev–Trinajstić information content (AvgIpc) is 2.57. The van der Waals surface area contributed by atoms with Gasteiger partial charge in [0, 0.05) is 6.07 Å². The molecule has 0 aliphatic heterocycles. The van der Waals surface area contributed by atoms with E-state index in [9.17, 15) is 4.79 Å². The number of aryl methyl sites for hydroxylation is 2. The van der Waals surface area contributed by atoms with Crippen molar-refractivity contribution in [3.05, 3.63) is 47.5 Å². The standard InChI is InChI=1S/C20H25NO4/c1-5-23-16-10-11-18(24-6-2)17(12-16)21-19(22)13-25-20-14(3)8-7-9-15(20)4/h7-12H,5-6,13H2,1-4H3,(H,21,22). The molecule has 134 valence electrons. The number of hydrogen-bond donors (Lipinski definition) is 1. The molecule has 5 nitrogen and oxygen atoms in total. The van der Waals surface area contributed by atoms with E-state index in [1.165, 1.54) is 0 Å². The minimum Gasteiger partial charge on any atom is -0.494 e. The van der Waals surface area contributed by atoms with Gasteiger partial charge in [0.15, 0.2) is 6.61 Å². The maximum atomic E-state index is 12.3. The van der Waals surface area contributed by atoms with Crippen molar-refractivity contribution in [2.24, 2.45) is 0 Å². The van der Waals surface area contributed by atoms with Crippen molar-refractivity contribution < 1.29 is 19.0 Å². The van der Waals surface area contributed by atoms with Gasteiger partial charge in [-0.1, -0.05) is 18.2 Å². The van der Waals surface area contributed by atoms with Crippen LogP contribution in [0.15, 0.2) is 36.4 Å². The first-order valence-electron chi connectivity index (χ1n) is 8.43. The SMILES string of the molecule is CCOc1ccc(OCC)c(NC(=O)COc2c(C)cccc2C)c1. The summed E-state index contributed by atoms with van der Waals surface area (Å²) in [6.45, 7) is 8.71. The maximum Gasteiger partial charge on any atom is 0.262 e. The number of nitrogens with one attached hydrogen (secondary N) is 1. The zero-order chi connectivity index (χ0) is 18.2. The van der Waals surface area contributed by atoms with Crippen molar-refractivity contribution in [1.29, 1.82) is 0 Å². The van der Waals surface area contributed by atoms with Crippen LogP contribution in [0.25, 0.3) is 0 Å². The molecule has 0 saturated heterocycles. The minimum absolute atomic E-state index is 0.0733. The van der Waals surface area contributed by atoms with E-state index < -0.39 is 0 Å². The van der Waals surface area contributed by atoms with Crippen LogP contribution < -0.4 is 19.5 Å². The second kappa shape index (κ2) is 8.97. The molecule has 0 unspecified atom stereocenters. The Morgan fingerprint density at radius 2 is 1.64 bits per heavy atom. The Morgan fingerprint density at radius 3 is 2.28 bits per heavy atom. The van der Waals surface area contributed by atoms with Crippen molar-refractivity contribution >= 4 is 11.6 Å². The first-order valence-corrected chi connectivity index (χ1v) is 8.43. The Hall–Kier alpha value is -2.69. The Morgan fingerprint density at radius 1 is 0.960 bits per heavy atom. The Kier molecular flexibility index (Phi) is 6.69. The molecule has 5 heteroatoms. The molecule has 2 aromatic carbocycles. The lowest BCUT2D eigenvalue weighted by Gasteiger charge is -2.15. The number of benzene rings is 2. The van der Waals surface area contributed by atoms with Gasteiger partial charge in [0.05, 0.1) is 18.9 Å². The van der Waals surface area contributed by atoms with Gasteiger partial charge in [0.2, 0.25) is 0 Å². The molecule has 0 fully saturated rings. The molecule has 0 atom stereocenters. The van der Waals surface area contributed by atoms with Crippen LogP contribution in [-0.4, -0.2) is 25.7 Å². The van der Waals surface area contributed by atoms with Crippen LogP contribution in [0.3, 0.4) is 0 Å². The molecular formula is C20H25NO4. The van der Waals surface area contributed by atoms with Crippen LogP contribution in [-0.2, 0) is 4.79 Å². The third kappa shape index (κ3) is 5.14. The lowest BCUT2D eigenvalue weighted by molar-refractivity contribution is -0.118. The molecule has 0 heterocycles. The van der Waals surface area contributed by atoms with E-state index in [0.29, 0.717) is 30.4 Å². The van der Waals surface area contributed by atoms with E-state index >= 15 is 0 Å². The van der Waals surface area contributed by atoms with Crippen LogP contribution in [0.1, 0.15) is 25.0 Å². The molecule has 1 amide bonds. The molecule has 2 rings (SSSR count). The summed E-state index contributed by atoms with van der Waals surface area (Å²) in [4.78, 5) is 12.3. The van der Waals surface area contributed by atoms with E-state index in [2.05, 4.69) is 5.32 Å². The number of ether oxygens (including phenoxy) is 3. The van der Waals surface area contributed by atoms with Gasteiger partial charge in [0.1, 0.15) is 17.2 Å². The zero-order valence-electron chi connectivity index (χ0n) is 15.2. The van der Waals surface area contributed by atoms with E-state index in [-0.39, 0.29) is 12.5 Å². The highest BCUT2D eigenvalue weighted by molar-refractivity contribution is 5.93. The van der Waals surface area contributed by atoms with Crippen molar-refractivity contribution in [2.45, 2.75) is 27.7 Å². The molecule has 0 aromatic heterocycles. The van der Waals surface area contributed by atoms with E-state index in [1.54, 1.807) is 12.1 Å². The number of hydrogen-bond acceptors (Lipinski definition) is 4. The highest BCUT2D eigenvalue weighted by atomic mass is 16.5. The summed E-state index contributed by atoms with van der Waals surface area (Å²) in [5, 5.41) is 2.83. The fourth-order valence-corrected chi connectivity index (χ4v) is 2.50. The zero-order valence-corrected chi connectivity index (χ0v) is 15.2. The molecule has 25 heavy (non-hydrogen) atoms. The van der Waals surface area contributed by atoms with Crippen molar-refractivity contribution in [2.75, 3.05) is 25.1 Å². The highest BCUT2D eigenvalue weighted by Gasteiger charge is 2.12. The van der Waals surface area contributed by atoms with Gasteiger partial charge in [-0.05, 0) is 51.0 Å². The fourth-order valence-electron chi connectivity index (χ4n) is 2.50. The third-order valence-electron chi connectivity index (χ3n) is 3.59. The summed E-state index contributed by atoms with van der Waals surface area (Å²) >= 11 is 0. The second-order valence-corrected chi connectivity index (χ2v) is 5.58. The Balaban J connectivity index is 2.07.